The number of carbonyl (C=O) groups excluding carboxylic acids is 1. The van der Waals surface area contributed by atoms with Gasteiger partial charge in [-0.15, -0.1) is 11.3 Å². The van der Waals surface area contributed by atoms with E-state index in [4.69, 9.17) is 0 Å². The summed E-state index contributed by atoms with van der Waals surface area (Å²) in [5, 5.41) is 5.50. The van der Waals surface area contributed by atoms with Crippen molar-refractivity contribution in [1.82, 2.24) is 9.71 Å². The van der Waals surface area contributed by atoms with Crippen LogP contribution in [0.1, 0.15) is 24.0 Å². The predicted octanol–water partition coefficient (Wildman–Crippen LogP) is 2.32. The first-order valence-electron chi connectivity index (χ1n) is 7.21. The van der Waals surface area contributed by atoms with Crippen molar-refractivity contribution < 1.29 is 13.2 Å². The molecular weight excluding hydrogens is 334 g/mol. The number of rotatable bonds is 7. The molecule has 1 aromatic carbocycles. The molecule has 1 heterocycles. The van der Waals surface area contributed by atoms with Crippen LogP contribution in [0.15, 0.2) is 34.5 Å². The van der Waals surface area contributed by atoms with Crippen molar-refractivity contribution in [3.05, 3.63) is 40.3 Å². The molecule has 23 heavy (non-hydrogen) atoms. The van der Waals surface area contributed by atoms with Crippen LogP contribution in [-0.4, -0.2) is 25.9 Å². The van der Waals surface area contributed by atoms with Crippen molar-refractivity contribution >= 4 is 33.0 Å². The largest absolute Gasteiger partial charge is 0.326 e. The number of hydrogen-bond acceptors (Lipinski definition) is 5. The lowest BCUT2D eigenvalue weighted by atomic mass is 10.3. The SMILES string of the molecule is CCCNS(=O)(=O)c1ccc(NC(=O)Cc2csc(C)n2)cc1. The van der Waals surface area contributed by atoms with Crippen molar-refractivity contribution in [3.8, 4) is 0 Å². The van der Waals surface area contributed by atoms with E-state index in [-0.39, 0.29) is 17.2 Å². The lowest BCUT2D eigenvalue weighted by Crippen LogP contribution is -2.24. The van der Waals surface area contributed by atoms with Crippen LogP contribution in [0.5, 0.6) is 0 Å². The molecule has 0 saturated heterocycles. The minimum Gasteiger partial charge on any atom is -0.326 e. The Balaban J connectivity index is 1.98. The highest BCUT2D eigenvalue weighted by atomic mass is 32.2. The maximum Gasteiger partial charge on any atom is 0.240 e. The number of thiazole rings is 1. The fraction of sp³-hybridized carbons (Fsp3) is 0.333. The molecule has 2 rings (SSSR count). The molecule has 0 atom stereocenters. The summed E-state index contributed by atoms with van der Waals surface area (Å²) in [6.45, 7) is 4.18. The molecule has 2 aromatic rings. The van der Waals surface area contributed by atoms with E-state index in [1.807, 2.05) is 19.2 Å². The number of benzene rings is 1. The third-order valence-corrected chi connectivity index (χ3v) is 5.30. The minimum atomic E-state index is -3.48. The number of aryl methyl sites for hydroxylation is 1. The van der Waals surface area contributed by atoms with Gasteiger partial charge in [-0.05, 0) is 37.6 Å². The van der Waals surface area contributed by atoms with Gasteiger partial charge in [-0.25, -0.2) is 18.1 Å². The van der Waals surface area contributed by atoms with Gasteiger partial charge in [-0.3, -0.25) is 4.79 Å². The number of anilines is 1. The molecule has 0 spiro atoms. The zero-order valence-corrected chi connectivity index (χ0v) is 14.6. The third-order valence-electron chi connectivity index (χ3n) is 3.00. The van der Waals surface area contributed by atoms with Gasteiger partial charge in [0.1, 0.15) is 0 Å². The molecule has 0 unspecified atom stereocenters. The monoisotopic (exact) mass is 353 g/mol. The smallest absolute Gasteiger partial charge is 0.240 e. The standard InChI is InChI=1S/C15H19N3O3S2/c1-3-8-16-23(20,21)14-6-4-12(5-7-14)18-15(19)9-13-10-22-11(2)17-13/h4-7,10,16H,3,8-9H2,1-2H3,(H,18,19). The Morgan fingerprint density at radius 2 is 1.96 bits per heavy atom. The maximum atomic E-state index is 12.0. The molecule has 0 bridgehead atoms. The lowest BCUT2D eigenvalue weighted by Gasteiger charge is -2.07. The molecule has 8 heteroatoms. The average Bonchev–Trinajstić information content (AvgIpc) is 2.90. The van der Waals surface area contributed by atoms with Crippen LogP contribution in [0.4, 0.5) is 5.69 Å². The molecular formula is C15H19N3O3S2. The van der Waals surface area contributed by atoms with Crippen molar-refractivity contribution in [3.63, 3.8) is 0 Å². The fourth-order valence-electron chi connectivity index (χ4n) is 1.90. The van der Waals surface area contributed by atoms with Crippen LogP contribution in [-0.2, 0) is 21.2 Å². The Labute approximate surface area is 140 Å². The summed E-state index contributed by atoms with van der Waals surface area (Å²) in [7, 11) is -3.48. The van der Waals surface area contributed by atoms with E-state index in [2.05, 4.69) is 15.0 Å². The van der Waals surface area contributed by atoms with Crippen LogP contribution in [0, 0.1) is 6.92 Å². The van der Waals surface area contributed by atoms with Gasteiger partial charge in [-0.1, -0.05) is 6.92 Å². The fourth-order valence-corrected chi connectivity index (χ4v) is 3.64. The topological polar surface area (TPSA) is 88.2 Å². The first kappa shape index (κ1) is 17.6. The summed E-state index contributed by atoms with van der Waals surface area (Å²) in [5.74, 6) is -0.185. The highest BCUT2D eigenvalue weighted by Crippen LogP contribution is 2.15. The average molecular weight is 353 g/mol. The van der Waals surface area contributed by atoms with E-state index >= 15 is 0 Å². The number of sulfonamides is 1. The molecule has 0 saturated carbocycles. The van der Waals surface area contributed by atoms with E-state index in [0.717, 1.165) is 17.1 Å². The van der Waals surface area contributed by atoms with E-state index in [0.29, 0.717) is 12.2 Å². The van der Waals surface area contributed by atoms with Crippen molar-refractivity contribution in [2.45, 2.75) is 31.6 Å². The normalized spacial score (nSPS) is 11.4. The predicted molar refractivity (Wildman–Crippen MR) is 91.1 cm³/mol. The first-order chi connectivity index (χ1) is 10.9. The van der Waals surface area contributed by atoms with Crippen LogP contribution >= 0.6 is 11.3 Å². The summed E-state index contributed by atoms with van der Waals surface area (Å²) in [6, 6.07) is 6.09. The molecule has 1 aromatic heterocycles. The summed E-state index contributed by atoms with van der Waals surface area (Å²) in [6.07, 6.45) is 0.923. The number of hydrogen-bond donors (Lipinski definition) is 2. The summed E-state index contributed by atoms with van der Waals surface area (Å²) in [4.78, 5) is 16.4. The second-order valence-electron chi connectivity index (χ2n) is 5.00. The Hall–Kier alpha value is -1.77. The van der Waals surface area contributed by atoms with Crippen LogP contribution in [0.3, 0.4) is 0 Å². The van der Waals surface area contributed by atoms with Gasteiger partial charge in [0.05, 0.1) is 22.0 Å². The molecule has 6 nitrogen and oxygen atoms in total. The number of aromatic nitrogens is 1. The van der Waals surface area contributed by atoms with E-state index in [1.54, 1.807) is 12.1 Å². The van der Waals surface area contributed by atoms with E-state index in [1.165, 1.54) is 23.5 Å². The van der Waals surface area contributed by atoms with Gasteiger partial charge in [-0.2, -0.15) is 0 Å². The second kappa shape index (κ2) is 7.67. The van der Waals surface area contributed by atoms with Crippen molar-refractivity contribution in [1.29, 1.82) is 0 Å². The number of carbonyl (C=O) groups is 1. The first-order valence-corrected chi connectivity index (χ1v) is 9.57. The molecule has 0 radical (unpaired) electrons. The van der Waals surface area contributed by atoms with Crippen LogP contribution < -0.4 is 10.0 Å². The quantitative estimate of drug-likeness (QED) is 0.799. The Kier molecular flexibility index (Phi) is 5.86. The molecule has 1 amide bonds. The van der Waals surface area contributed by atoms with Crippen molar-refractivity contribution in [2.24, 2.45) is 0 Å². The van der Waals surface area contributed by atoms with E-state index in [9.17, 15) is 13.2 Å². The molecule has 0 aliphatic carbocycles. The van der Waals surface area contributed by atoms with Gasteiger partial charge < -0.3 is 5.32 Å². The molecule has 2 N–H and O–H groups in total. The van der Waals surface area contributed by atoms with Crippen LogP contribution in [0.2, 0.25) is 0 Å². The highest BCUT2D eigenvalue weighted by molar-refractivity contribution is 7.89. The van der Waals surface area contributed by atoms with Gasteiger partial charge >= 0.3 is 0 Å². The zero-order chi connectivity index (χ0) is 16.9. The number of nitrogens with zero attached hydrogens (tertiary/aromatic N) is 1. The van der Waals surface area contributed by atoms with Gasteiger partial charge in [0, 0.05) is 17.6 Å². The Bertz CT molecular complexity index is 768. The van der Waals surface area contributed by atoms with Gasteiger partial charge in [0.25, 0.3) is 0 Å². The highest BCUT2D eigenvalue weighted by Gasteiger charge is 2.13. The molecule has 0 aliphatic heterocycles. The Morgan fingerprint density at radius 1 is 1.26 bits per heavy atom. The third kappa shape index (κ3) is 5.12. The van der Waals surface area contributed by atoms with Gasteiger partial charge in [0.15, 0.2) is 0 Å². The minimum absolute atomic E-state index is 0.180. The molecule has 124 valence electrons. The van der Waals surface area contributed by atoms with Crippen molar-refractivity contribution in [2.75, 3.05) is 11.9 Å². The lowest BCUT2D eigenvalue weighted by molar-refractivity contribution is -0.115. The summed E-state index contributed by atoms with van der Waals surface area (Å²) in [5.41, 5.74) is 1.28. The van der Waals surface area contributed by atoms with Crippen LogP contribution in [0.25, 0.3) is 0 Å². The number of nitrogens with one attached hydrogen (secondary N) is 2. The molecule has 0 fully saturated rings. The van der Waals surface area contributed by atoms with E-state index < -0.39 is 10.0 Å². The Morgan fingerprint density at radius 3 is 2.52 bits per heavy atom. The zero-order valence-electron chi connectivity index (χ0n) is 13.0. The maximum absolute atomic E-state index is 12.0. The molecule has 0 aliphatic rings. The second-order valence-corrected chi connectivity index (χ2v) is 7.83. The summed E-state index contributed by atoms with van der Waals surface area (Å²) < 4.78 is 26.4. The number of amides is 1. The summed E-state index contributed by atoms with van der Waals surface area (Å²) >= 11 is 1.50. The van der Waals surface area contributed by atoms with Gasteiger partial charge in [0.2, 0.25) is 15.9 Å².